The Labute approximate surface area is 124 Å². The largest absolute Gasteiger partial charge is 0.385 e. The van der Waals surface area contributed by atoms with Gasteiger partial charge in [0.25, 0.3) is 0 Å². The molecule has 2 atom stereocenters. The topological polar surface area (TPSA) is 33.7 Å². The molecule has 1 saturated heterocycles. The van der Waals surface area contributed by atoms with Crippen LogP contribution in [0.25, 0.3) is 0 Å². The molecule has 2 aliphatic rings. The summed E-state index contributed by atoms with van der Waals surface area (Å²) in [5.74, 6) is 0.947. The molecule has 0 amide bonds. The van der Waals surface area contributed by atoms with Crippen molar-refractivity contribution in [3.8, 4) is 0 Å². The zero-order chi connectivity index (χ0) is 14.2. The summed E-state index contributed by atoms with van der Waals surface area (Å²) in [5, 5.41) is 3.77. The number of rotatable bonds is 10. The molecule has 118 valence electrons. The normalized spacial score (nSPS) is 27.9. The number of ether oxygens (including phenoxy) is 2. The van der Waals surface area contributed by atoms with Crippen molar-refractivity contribution in [2.75, 3.05) is 46.6 Å². The lowest BCUT2D eigenvalue weighted by atomic mass is 10.0. The first-order chi connectivity index (χ1) is 9.85. The summed E-state index contributed by atoms with van der Waals surface area (Å²) in [6.45, 7) is 8.24. The highest BCUT2D eigenvalue weighted by molar-refractivity contribution is 4.94. The van der Waals surface area contributed by atoms with Gasteiger partial charge in [-0.05, 0) is 31.6 Å². The number of hydrogen-bond acceptors (Lipinski definition) is 4. The van der Waals surface area contributed by atoms with Gasteiger partial charge in [-0.25, -0.2) is 0 Å². The highest BCUT2D eigenvalue weighted by atomic mass is 16.5. The highest BCUT2D eigenvalue weighted by Crippen LogP contribution is 2.34. The first kappa shape index (κ1) is 16.2. The summed E-state index contributed by atoms with van der Waals surface area (Å²) in [5.41, 5.74) is 0. The summed E-state index contributed by atoms with van der Waals surface area (Å²) in [7, 11) is 1.74. The predicted octanol–water partition coefficient (Wildman–Crippen LogP) is 1.89. The van der Waals surface area contributed by atoms with Crippen molar-refractivity contribution in [3.63, 3.8) is 0 Å². The number of methoxy groups -OCH3 is 1. The number of nitrogens with zero attached hydrogens (tertiary/aromatic N) is 1. The van der Waals surface area contributed by atoms with Crippen LogP contribution in [0.4, 0.5) is 0 Å². The van der Waals surface area contributed by atoms with Crippen LogP contribution in [0.2, 0.25) is 0 Å². The second-order valence-electron chi connectivity index (χ2n) is 6.25. The predicted molar refractivity (Wildman–Crippen MR) is 82.1 cm³/mol. The summed E-state index contributed by atoms with van der Waals surface area (Å²) < 4.78 is 10.8. The molecule has 1 saturated carbocycles. The third-order valence-electron chi connectivity index (χ3n) is 4.54. The Morgan fingerprint density at radius 3 is 2.75 bits per heavy atom. The monoisotopic (exact) mass is 284 g/mol. The fraction of sp³-hybridized carbons (Fsp3) is 1.00. The van der Waals surface area contributed by atoms with Gasteiger partial charge >= 0.3 is 0 Å². The molecule has 1 N–H and O–H groups in total. The lowest BCUT2D eigenvalue weighted by Crippen LogP contribution is -2.57. The quantitative estimate of drug-likeness (QED) is 0.621. The molecule has 0 spiro atoms. The molecule has 20 heavy (non-hydrogen) atoms. The Bertz CT molecular complexity index is 259. The third-order valence-corrected chi connectivity index (χ3v) is 4.54. The Hall–Kier alpha value is -0.160. The van der Waals surface area contributed by atoms with Crippen molar-refractivity contribution in [3.05, 3.63) is 0 Å². The van der Waals surface area contributed by atoms with Gasteiger partial charge in [-0.1, -0.05) is 13.3 Å². The Morgan fingerprint density at radius 1 is 1.20 bits per heavy atom. The lowest BCUT2D eigenvalue weighted by molar-refractivity contribution is 0.0516. The molecule has 2 rings (SSSR count). The van der Waals surface area contributed by atoms with Gasteiger partial charge in [0.2, 0.25) is 0 Å². The zero-order valence-electron chi connectivity index (χ0n) is 13.3. The van der Waals surface area contributed by atoms with Gasteiger partial charge in [0.15, 0.2) is 0 Å². The van der Waals surface area contributed by atoms with E-state index in [1.807, 2.05) is 0 Å². The van der Waals surface area contributed by atoms with E-state index in [0.29, 0.717) is 6.04 Å². The molecular weight excluding hydrogens is 252 g/mol. The van der Waals surface area contributed by atoms with Gasteiger partial charge < -0.3 is 14.8 Å². The van der Waals surface area contributed by atoms with Gasteiger partial charge in [0.1, 0.15) is 0 Å². The summed E-state index contributed by atoms with van der Waals surface area (Å²) >= 11 is 0. The van der Waals surface area contributed by atoms with Gasteiger partial charge in [-0.3, -0.25) is 4.90 Å². The second kappa shape index (κ2) is 8.98. The van der Waals surface area contributed by atoms with Crippen molar-refractivity contribution in [1.29, 1.82) is 0 Å². The van der Waals surface area contributed by atoms with Crippen LogP contribution in [0.1, 0.15) is 39.0 Å². The maximum Gasteiger partial charge on any atom is 0.0593 e. The molecular formula is C16H32N2O2. The maximum absolute atomic E-state index is 5.73. The molecule has 2 fully saturated rings. The number of nitrogens with one attached hydrogen (secondary N) is 1. The van der Waals surface area contributed by atoms with E-state index in [1.54, 1.807) is 7.11 Å². The molecule has 0 aromatic carbocycles. The van der Waals surface area contributed by atoms with E-state index in [2.05, 4.69) is 17.1 Å². The van der Waals surface area contributed by atoms with Crippen molar-refractivity contribution < 1.29 is 9.47 Å². The zero-order valence-corrected chi connectivity index (χ0v) is 13.3. The lowest BCUT2D eigenvalue weighted by Gasteiger charge is -2.40. The first-order valence-corrected chi connectivity index (χ1v) is 8.39. The van der Waals surface area contributed by atoms with Crippen LogP contribution in [0.5, 0.6) is 0 Å². The van der Waals surface area contributed by atoms with Gasteiger partial charge in [-0.15, -0.1) is 0 Å². The molecule has 0 aromatic rings. The highest BCUT2D eigenvalue weighted by Gasteiger charge is 2.36. The van der Waals surface area contributed by atoms with Crippen LogP contribution in [0, 0.1) is 5.92 Å². The minimum Gasteiger partial charge on any atom is -0.385 e. The van der Waals surface area contributed by atoms with Crippen LogP contribution in [0.15, 0.2) is 0 Å². The van der Waals surface area contributed by atoms with Crippen molar-refractivity contribution >= 4 is 0 Å². The van der Waals surface area contributed by atoms with Gasteiger partial charge in [0.05, 0.1) is 6.61 Å². The minimum absolute atomic E-state index is 0.706. The average molecular weight is 284 g/mol. The SMILES string of the molecule is CCCC1CNC(C2CC2)CN1CCOCCCOC. The summed E-state index contributed by atoms with van der Waals surface area (Å²) in [6.07, 6.45) is 6.43. The smallest absolute Gasteiger partial charge is 0.0593 e. The summed E-state index contributed by atoms with van der Waals surface area (Å²) in [4.78, 5) is 2.67. The molecule has 2 unspecified atom stereocenters. The van der Waals surface area contributed by atoms with E-state index in [0.717, 1.165) is 44.7 Å². The van der Waals surface area contributed by atoms with E-state index in [1.165, 1.54) is 38.8 Å². The summed E-state index contributed by atoms with van der Waals surface area (Å²) in [6, 6.07) is 1.44. The second-order valence-corrected chi connectivity index (χ2v) is 6.25. The van der Waals surface area contributed by atoms with E-state index in [9.17, 15) is 0 Å². The van der Waals surface area contributed by atoms with Crippen LogP contribution in [-0.2, 0) is 9.47 Å². The van der Waals surface area contributed by atoms with E-state index in [-0.39, 0.29) is 0 Å². The van der Waals surface area contributed by atoms with Crippen molar-refractivity contribution in [2.45, 2.75) is 51.1 Å². The molecule has 1 aliphatic carbocycles. The fourth-order valence-corrected chi connectivity index (χ4v) is 3.18. The van der Waals surface area contributed by atoms with Crippen LogP contribution >= 0.6 is 0 Å². The first-order valence-electron chi connectivity index (χ1n) is 8.39. The van der Waals surface area contributed by atoms with E-state index >= 15 is 0 Å². The average Bonchev–Trinajstić information content (AvgIpc) is 3.29. The molecule has 4 heteroatoms. The van der Waals surface area contributed by atoms with Gasteiger partial charge in [-0.2, -0.15) is 0 Å². The minimum atomic E-state index is 0.706. The third kappa shape index (κ3) is 5.32. The number of hydrogen-bond donors (Lipinski definition) is 1. The van der Waals surface area contributed by atoms with Gasteiger partial charge in [0, 0.05) is 52.0 Å². The Kier molecular flexibility index (Phi) is 7.28. The fourth-order valence-electron chi connectivity index (χ4n) is 3.18. The van der Waals surface area contributed by atoms with E-state index in [4.69, 9.17) is 9.47 Å². The molecule has 0 aromatic heterocycles. The van der Waals surface area contributed by atoms with Crippen LogP contribution in [0.3, 0.4) is 0 Å². The van der Waals surface area contributed by atoms with E-state index < -0.39 is 0 Å². The molecule has 1 aliphatic heterocycles. The van der Waals surface area contributed by atoms with Crippen LogP contribution in [-0.4, -0.2) is 63.5 Å². The van der Waals surface area contributed by atoms with Crippen molar-refractivity contribution in [2.24, 2.45) is 5.92 Å². The maximum atomic E-state index is 5.73. The standard InChI is InChI=1S/C16H32N2O2/c1-3-5-15-12-17-16(14-6-7-14)13-18(15)8-11-20-10-4-9-19-2/h14-17H,3-13H2,1-2H3. The molecule has 0 bridgehead atoms. The van der Waals surface area contributed by atoms with Crippen LogP contribution < -0.4 is 5.32 Å². The molecule has 0 radical (unpaired) electrons. The molecule has 1 heterocycles. The van der Waals surface area contributed by atoms with Crippen molar-refractivity contribution in [1.82, 2.24) is 10.2 Å². The number of piperazine rings is 1. The Morgan fingerprint density at radius 2 is 2.05 bits per heavy atom. The Balaban J connectivity index is 1.66. The molecule has 4 nitrogen and oxygen atoms in total.